The predicted molar refractivity (Wildman–Crippen MR) is 87.7 cm³/mol. The molecular weight excluding hydrogens is 240 g/mol. The molecule has 0 amide bonds. The van der Waals surface area contributed by atoms with Crippen LogP contribution in [0.2, 0.25) is 0 Å². The molecule has 0 radical (unpaired) electrons. The van der Waals surface area contributed by atoms with E-state index < -0.39 is 0 Å². The third kappa shape index (κ3) is 3.77. The second-order valence-electron chi connectivity index (χ2n) is 7.44. The maximum absolute atomic E-state index is 2.39. The van der Waals surface area contributed by atoms with Crippen molar-refractivity contribution < 1.29 is 0 Å². The van der Waals surface area contributed by atoms with Crippen LogP contribution in [0.1, 0.15) is 83.5 Å². The summed E-state index contributed by atoms with van der Waals surface area (Å²) < 4.78 is 0. The van der Waals surface area contributed by atoms with Crippen LogP contribution in [0.3, 0.4) is 0 Å². The summed E-state index contributed by atoms with van der Waals surface area (Å²) in [4.78, 5) is 0. The van der Waals surface area contributed by atoms with Gasteiger partial charge in [-0.05, 0) is 49.9 Å². The molecular formula is C20H32. The van der Waals surface area contributed by atoms with Gasteiger partial charge in [0.05, 0.1) is 0 Å². The molecule has 2 fully saturated rings. The zero-order chi connectivity index (χ0) is 13.6. The fourth-order valence-electron chi connectivity index (χ4n) is 4.86. The lowest BCUT2D eigenvalue weighted by atomic mass is 9.71. The highest BCUT2D eigenvalue weighted by atomic mass is 14.3. The third-order valence-corrected chi connectivity index (χ3v) is 6.16. The van der Waals surface area contributed by atoms with Crippen molar-refractivity contribution in [1.82, 2.24) is 0 Å². The minimum absolute atomic E-state index is 0.928. The van der Waals surface area contributed by atoms with Gasteiger partial charge in [0.15, 0.2) is 0 Å². The fourth-order valence-corrected chi connectivity index (χ4v) is 4.86. The first kappa shape index (κ1) is 14.4. The lowest BCUT2D eigenvalue weighted by Gasteiger charge is -2.34. The third-order valence-electron chi connectivity index (χ3n) is 6.16. The Bertz CT molecular complexity index is 331. The Balaban J connectivity index is 1.48. The van der Waals surface area contributed by atoms with E-state index in [1.807, 2.05) is 0 Å². The first-order valence-electron chi connectivity index (χ1n) is 9.29. The molecule has 0 heterocycles. The van der Waals surface area contributed by atoms with Crippen LogP contribution in [-0.2, 0) is 0 Å². The fraction of sp³-hybridized carbons (Fsp3) is 0.800. The maximum Gasteiger partial charge on any atom is -0.0130 e. The van der Waals surface area contributed by atoms with Gasteiger partial charge in [0.25, 0.3) is 0 Å². The lowest BCUT2D eigenvalue weighted by molar-refractivity contribution is 0.195. The van der Waals surface area contributed by atoms with Crippen LogP contribution in [-0.4, -0.2) is 0 Å². The summed E-state index contributed by atoms with van der Waals surface area (Å²) in [5, 5.41) is 0. The van der Waals surface area contributed by atoms with E-state index in [-0.39, 0.29) is 0 Å². The SMILES string of the molecule is C1=CCC(C2CCC(C3CCCCCCCC3)CC2)=C1. The molecule has 0 bridgehead atoms. The highest BCUT2D eigenvalue weighted by Crippen LogP contribution is 2.41. The van der Waals surface area contributed by atoms with E-state index in [1.54, 1.807) is 18.4 Å². The number of hydrogen-bond donors (Lipinski definition) is 0. The normalized spacial score (nSPS) is 33.3. The van der Waals surface area contributed by atoms with Crippen molar-refractivity contribution in [2.24, 2.45) is 17.8 Å². The quantitative estimate of drug-likeness (QED) is 0.543. The summed E-state index contributed by atoms with van der Waals surface area (Å²) in [6.07, 6.45) is 26.4. The van der Waals surface area contributed by atoms with E-state index in [4.69, 9.17) is 0 Å². The monoisotopic (exact) mass is 272 g/mol. The predicted octanol–water partition coefficient (Wildman–Crippen LogP) is 6.43. The second kappa shape index (κ2) is 7.48. The van der Waals surface area contributed by atoms with Crippen molar-refractivity contribution in [2.45, 2.75) is 83.5 Å². The van der Waals surface area contributed by atoms with Gasteiger partial charge in [0.2, 0.25) is 0 Å². The molecule has 3 aliphatic carbocycles. The Hall–Kier alpha value is -0.520. The number of allylic oxidation sites excluding steroid dienone is 4. The summed E-state index contributed by atoms with van der Waals surface area (Å²) in [6, 6.07) is 0. The highest BCUT2D eigenvalue weighted by Gasteiger charge is 2.28. The average molecular weight is 272 g/mol. The Morgan fingerprint density at radius 3 is 1.85 bits per heavy atom. The molecule has 20 heavy (non-hydrogen) atoms. The van der Waals surface area contributed by atoms with E-state index in [9.17, 15) is 0 Å². The molecule has 0 aliphatic heterocycles. The van der Waals surface area contributed by atoms with Crippen LogP contribution in [0.4, 0.5) is 0 Å². The molecule has 3 rings (SSSR count). The zero-order valence-corrected chi connectivity index (χ0v) is 13.2. The molecule has 112 valence electrons. The van der Waals surface area contributed by atoms with Gasteiger partial charge >= 0.3 is 0 Å². The minimum atomic E-state index is 0.928. The summed E-state index contributed by atoms with van der Waals surface area (Å²) in [5.74, 6) is 3.07. The Morgan fingerprint density at radius 2 is 1.25 bits per heavy atom. The summed E-state index contributed by atoms with van der Waals surface area (Å²) in [6.45, 7) is 0. The molecule has 0 unspecified atom stereocenters. The van der Waals surface area contributed by atoms with Crippen molar-refractivity contribution in [3.05, 3.63) is 23.8 Å². The first-order chi connectivity index (χ1) is 9.93. The maximum atomic E-state index is 2.39. The largest absolute Gasteiger partial charge is 0.0805 e. The molecule has 0 nitrogen and oxygen atoms in total. The van der Waals surface area contributed by atoms with E-state index in [1.165, 1.54) is 70.6 Å². The van der Waals surface area contributed by atoms with Crippen LogP contribution in [0.15, 0.2) is 23.8 Å². The molecule has 0 heteroatoms. The van der Waals surface area contributed by atoms with E-state index >= 15 is 0 Å². The van der Waals surface area contributed by atoms with Gasteiger partial charge in [-0.15, -0.1) is 0 Å². The van der Waals surface area contributed by atoms with Crippen LogP contribution in [0, 0.1) is 17.8 Å². The van der Waals surface area contributed by atoms with Gasteiger partial charge in [-0.2, -0.15) is 0 Å². The zero-order valence-electron chi connectivity index (χ0n) is 13.2. The van der Waals surface area contributed by atoms with Crippen molar-refractivity contribution in [3.63, 3.8) is 0 Å². The Kier molecular flexibility index (Phi) is 5.39. The topological polar surface area (TPSA) is 0 Å². The molecule has 2 saturated carbocycles. The van der Waals surface area contributed by atoms with Gasteiger partial charge in [-0.3, -0.25) is 0 Å². The van der Waals surface area contributed by atoms with E-state index in [0.717, 1.165) is 17.8 Å². The van der Waals surface area contributed by atoms with Crippen molar-refractivity contribution >= 4 is 0 Å². The molecule has 0 atom stereocenters. The molecule has 0 spiro atoms. The molecule has 0 aromatic carbocycles. The summed E-state index contributed by atoms with van der Waals surface area (Å²) >= 11 is 0. The van der Waals surface area contributed by atoms with Gasteiger partial charge in [0, 0.05) is 0 Å². The van der Waals surface area contributed by atoms with E-state index in [0.29, 0.717) is 0 Å². The van der Waals surface area contributed by atoms with Gasteiger partial charge < -0.3 is 0 Å². The van der Waals surface area contributed by atoms with Crippen molar-refractivity contribution in [2.75, 3.05) is 0 Å². The van der Waals surface area contributed by atoms with Crippen LogP contribution in [0.25, 0.3) is 0 Å². The Morgan fingerprint density at radius 1 is 0.650 bits per heavy atom. The smallest absolute Gasteiger partial charge is 0.0130 e. The molecule has 0 N–H and O–H groups in total. The summed E-state index contributed by atoms with van der Waals surface area (Å²) in [5.41, 5.74) is 1.73. The highest BCUT2D eigenvalue weighted by molar-refractivity contribution is 5.25. The minimum Gasteiger partial charge on any atom is -0.0805 e. The molecule has 3 aliphatic rings. The number of rotatable bonds is 2. The van der Waals surface area contributed by atoms with Crippen LogP contribution < -0.4 is 0 Å². The second-order valence-corrected chi connectivity index (χ2v) is 7.44. The summed E-state index contributed by atoms with van der Waals surface area (Å²) in [7, 11) is 0. The average Bonchev–Trinajstić information content (AvgIpc) is 3.05. The first-order valence-corrected chi connectivity index (χ1v) is 9.29. The molecule has 0 saturated heterocycles. The van der Waals surface area contributed by atoms with Crippen molar-refractivity contribution in [1.29, 1.82) is 0 Å². The van der Waals surface area contributed by atoms with Crippen molar-refractivity contribution in [3.8, 4) is 0 Å². The number of hydrogen-bond acceptors (Lipinski definition) is 0. The standard InChI is InChI=1S/C20H32/c1-2-4-6-10-17(9-5-3-1)19-13-15-20(16-14-19)18-11-7-8-12-18/h7-8,11,17,19-20H,1-6,9-10,12-16H2. The lowest BCUT2D eigenvalue weighted by Crippen LogP contribution is -2.22. The van der Waals surface area contributed by atoms with Crippen LogP contribution >= 0.6 is 0 Å². The van der Waals surface area contributed by atoms with Gasteiger partial charge in [0.1, 0.15) is 0 Å². The van der Waals surface area contributed by atoms with Gasteiger partial charge in [-0.25, -0.2) is 0 Å². The Labute approximate surface area is 125 Å². The van der Waals surface area contributed by atoms with Gasteiger partial charge in [-0.1, -0.05) is 75.2 Å². The van der Waals surface area contributed by atoms with E-state index in [2.05, 4.69) is 18.2 Å². The van der Waals surface area contributed by atoms with Crippen LogP contribution in [0.5, 0.6) is 0 Å². The molecule has 0 aromatic heterocycles. The molecule has 0 aromatic rings.